The van der Waals surface area contributed by atoms with E-state index in [2.05, 4.69) is 4.98 Å². The Balaban J connectivity index is 1.91. The summed E-state index contributed by atoms with van der Waals surface area (Å²) in [6, 6.07) is 3.83. The Kier molecular flexibility index (Phi) is 4.70. The first-order chi connectivity index (χ1) is 9.83. The van der Waals surface area contributed by atoms with E-state index in [1.165, 1.54) is 0 Å². The van der Waals surface area contributed by atoms with E-state index in [9.17, 15) is 4.79 Å². The summed E-state index contributed by atoms with van der Waals surface area (Å²) in [5.74, 6) is 0.747. The number of hydrogen-bond donors (Lipinski definition) is 0. The summed E-state index contributed by atoms with van der Waals surface area (Å²) < 4.78 is 11.3. The molecule has 1 atom stereocenters. The van der Waals surface area contributed by atoms with Crippen LogP contribution >= 0.6 is 0 Å². The van der Waals surface area contributed by atoms with Crippen LogP contribution in [0.1, 0.15) is 39.3 Å². The van der Waals surface area contributed by atoms with Crippen molar-refractivity contribution in [1.29, 1.82) is 0 Å². The molecule has 0 spiro atoms. The lowest BCUT2D eigenvalue weighted by Crippen LogP contribution is -2.46. The summed E-state index contributed by atoms with van der Waals surface area (Å²) >= 11 is 0. The zero-order chi connectivity index (χ0) is 15.5. The van der Waals surface area contributed by atoms with Crippen LogP contribution in [0.25, 0.3) is 0 Å². The fourth-order valence-corrected chi connectivity index (χ4v) is 2.24. The van der Waals surface area contributed by atoms with Crippen LogP contribution in [-0.2, 0) is 4.74 Å². The zero-order valence-electron chi connectivity index (χ0n) is 13.3. The van der Waals surface area contributed by atoms with E-state index < -0.39 is 5.60 Å². The zero-order valence-corrected chi connectivity index (χ0v) is 13.3. The van der Waals surface area contributed by atoms with Gasteiger partial charge < -0.3 is 14.4 Å². The van der Waals surface area contributed by atoms with Crippen molar-refractivity contribution >= 4 is 6.09 Å². The molecule has 1 aromatic rings. The highest BCUT2D eigenvalue weighted by Gasteiger charge is 2.28. The molecule has 1 aliphatic rings. The highest BCUT2D eigenvalue weighted by Crippen LogP contribution is 2.20. The van der Waals surface area contributed by atoms with E-state index in [0.29, 0.717) is 6.54 Å². The Morgan fingerprint density at radius 2 is 2.14 bits per heavy atom. The lowest BCUT2D eigenvalue weighted by Gasteiger charge is -2.34. The average Bonchev–Trinajstić information content (AvgIpc) is 2.40. The number of aryl methyl sites for hydroxylation is 1. The lowest BCUT2D eigenvalue weighted by atomic mass is 10.1. The third-order valence-corrected chi connectivity index (χ3v) is 3.22. The number of ether oxygens (including phenoxy) is 2. The molecule has 0 aromatic carbocycles. The molecule has 1 aliphatic heterocycles. The van der Waals surface area contributed by atoms with Gasteiger partial charge in [-0.25, -0.2) is 4.79 Å². The van der Waals surface area contributed by atoms with Gasteiger partial charge in [0.2, 0.25) is 0 Å². The normalized spacial score (nSPS) is 19.2. The maximum absolute atomic E-state index is 12.1. The molecule has 2 heterocycles. The third-order valence-electron chi connectivity index (χ3n) is 3.22. The molecular weight excluding hydrogens is 268 g/mol. The van der Waals surface area contributed by atoms with Crippen LogP contribution in [0.2, 0.25) is 0 Å². The van der Waals surface area contributed by atoms with Crippen LogP contribution in [0, 0.1) is 6.92 Å². The van der Waals surface area contributed by atoms with Crippen LogP contribution < -0.4 is 4.74 Å². The monoisotopic (exact) mass is 292 g/mol. The minimum absolute atomic E-state index is 0.00391. The Morgan fingerprint density at radius 3 is 2.76 bits per heavy atom. The smallest absolute Gasteiger partial charge is 0.410 e. The van der Waals surface area contributed by atoms with Crippen molar-refractivity contribution in [3.63, 3.8) is 0 Å². The van der Waals surface area contributed by atoms with Gasteiger partial charge in [0.15, 0.2) is 0 Å². The number of rotatable bonds is 2. The number of nitrogens with zero attached hydrogens (tertiary/aromatic N) is 2. The second-order valence-electron chi connectivity index (χ2n) is 6.44. The fraction of sp³-hybridized carbons (Fsp3) is 0.625. The molecule has 116 valence electrons. The van der Waals surface area contributed by atoms with Gasteiger partial charge in [-0.2, -0.15) is 0 Å². The molecule has 0 aliphatic carbocycles. The van der Waals surface area contributed by atoms with E-state index in [1.807, 2.05) is 39.8 Å². The van der Waals surface area contributed by atoms with Gasteiger partial charge in [0.05, 0.1) is 12.7 Å². The van der Waals surface area contributed by atoms with E-state index in [1.54, 1.807) is 11.1 Å². The SMILES string of the molecule is Cc1ccc(OC2CCCN(C(=O)OC(C)(C)C)C2)cn1. The Hall–Kier alpha value is -1.78. The number of aromatic nitrogens is 1. The molecular formula is C16H24N2O3. The molecule has 21 heavy (non-hydrogen) atoms. The highest BCUT2D eigenvalue weighted by molar-refractivity contribution is 5.68. The second-order valence-corrected chi connectivity index (χ2v) is 6.44. The fourth-order valence-electron chi connectivity index (χ4n) is 2.24. The van der Waals surface area contributed by atoms with Gasteiger partial charge in [-0.1, -0.05) is 0 Å². The molecule has 2 rings (SSSR count). The molecule has 1 unspecified atom stereocenters. The van der Waals surface area contributed by atoms with E-state index in [0.717, 1.165) is 30.8 Å². The van der Waals surface area contributed by atoms with Gasteiger partial charge in [0.1, 0.15) is 17.5 Å². The van der Waals surface area contributed by atoms with Gasteiger partial charge in [-0.05, 0) is 52.7 Å². The third kappa shape index (κ3) is 4.92. The van der Waals surface area contributed by atoms with Crippen LogP contribution in [0.4, 0.5) is 4.79 Å². The van der Waals surface area contributed by atoms with E-state index >= 15 is 0 Å². The summed E-state index contributed by atoms with van der Waals surface area (Å²) in [6.07, 6.45) is 3.31. The first kappa shape index (κ1) is 15.6. The van der Waals surface area contributed by atoms with Crippen molar-refractivity contribution in [3.05, 3.63) is 24.0 Å². The summed E-state index contributed by atoms with van der Waals surface area (Å²) in [7, 11) is 0. The van der Waals surface area contributed by atoms with Gasteiger partial charge in [0.25, 0.3) is 0 Å². The number of likely N-dealkylation sites (tertiary alicyclic amines) is 1. The van der Waals surface area contributed by atoms with Crippen LogP contribution in [0.5, 0.6) is 5.75 Å². The molecule has 0 saturated carbocycles. The lowest BCUT2D eigenvalue weighted by molar-refractivity contribution is 0.00772. The molecule has 1 amide bonds. The summed E-state index contributed by atoms with van der Waals surface area (Å²) in [5, 5.41) is 0. The first-order valence-electron chi connectivity index (χ1n) is 7.41. The maximum Gasteiger partial charge on any atom is 0.410 e. The minimum Gasteiger partial charge on any atom is -0.487 e. The number of carbonyl (C=O) groups excluding carboxylic acids is 1. The first-order valence-corrected chi connectivity index (χ1v) is 7.41. The van der Waals surface area contributed by atoms with Crippen LogP contribution in [0.15, 0.2) is 18.3 Å². The molecule has 0 N–H and O–H groups in total. The average molecular weight is 292 g/mol. The quantitative estimate of drug-likeness (QED) is 0.840. The van der Waals surface area contributed by atoms with E-state index in [-0.39, 0.29) is 12.2 Å². The standard InChI is InChI=1S/C16H24N2O3/c1-12-7-8-13(10-17-12)20-14-6-5-9-18(11-14)15(19)21-16(2,3)4/h7-8,10,14H,5-6,9,11H2,1-4H3. The van der Waals surface area contributed by atoms with Crippen LogP contribution in [-0.4, -0.2) is 40.8 Å². The summed E-state index contributed by atoms with van der Waals surface area (Å²) in [6.45, 7) is 8.85. The van der Waals surface area contributed by atoms with Crippen molar-refractivity contribution in [1.82, 2.24) is 9.88 Å². The number of piperidine rings is 1. The topological polar surface area (TPSA) is 51.7 Å². The Bertz CT molecular complexity index is 479. The number of hydrogen-bond acceptors (Lipinski definition) is 4. The molecule has 1 saturated heterocycles. The van der Waals surface area contributed by atoms with Crippen molar-refractivity contribution in [2.45, 2.75) is 52.2 Å². The largest absolute Gasteiger partial charge is 0.487 e. The van der Waals surface area contributed by atoms with Crippen molar-refractivity contribution < 1.29 is 14.3 Å². The summed E-state index contributed by atoms with van der Waals surface area (Å²) in [4.78, 5) is 18.0. The Morgan fingerprint density at radius 1 is 1.38 bits per heavy atom. The van der Waals surface area contributed by atoms with Gasteiger partial charge in [-0.3, -0.25) is 4.98 Å². The molecule has 1 fully saturated rings. The number of carbonyl (C=O) groups is 1. The highest BCUT2D eigenvalue weighted by atomic mass is 16.6. The summed E-state index contributed by atoms with van der Waals surface area (Å²) in [5.41, 5.74) is 0.493. The molecule has 5 nitrogen and oxygen atoms in total. The van der Waals surface area contributed by atoms with Crippen molar-refractivity contribution in [2.75, 3.05) is 13.1 Å². The predicted molar refractivity (Wildman–Crippen MR) is 80.4 cm³/mol. The second kappa shape index (κ2) is 6.33. The molecule has 1 aromatic heterocycles. The number of amides is 1. The van der Waals surface area contributed by atoms with Gasteiger partial charge in [-0.15, -0.1) is 0 Å². The minimum atomic E-state index is -0.467. The van der Waals surface area contributed by atoms with Gasteiger partial charge in [0, 0.05) is 12.2 Å². The van der Waals surface area contributed by atoms with Crippen molar-refractivity contribution in [3.8, 4) is 5.75 Å². The van der Waals surface area contributed by atoms with Gasteiger partial charge >= 0.3 is 6.09 Å². The molecule has 5 heteroatoms. The molecule has 0 radical (unpaired) electrons. The molecule has 0 bridgehead atoms. The maximum atomic E-state index is 12.1. The number of pyridine rings is 1. The van der Waals surface area contributed by atoms with E-state index in [4.69, 9.17) is 9.47 Å². The van der Waals surface area contributed by atoms with Crippen molar-refractivity contribution in [2.24, 2.45) is 0 Å². The van der Waals surface area contributed by atoms with Crippen LogP contribution in [0.3, 0.4) is 0 Å². The Labute approximate surface area is 126 Å². The predicted octanol–water partition coefficient (Wildman–Crippen LogP) is 3.17.